The zero-order valence-corrected chi connectivity index (χ0v) is 15.2. The second-order valence-corrected chi connectivity index (χ2v) is 8.46. The van der Waals surface area contributed by atoms with Gasteiger partial charge in [-0.15, -0.1) is 4.83 Å². The molecule has 24 heavy (non-hydrogen) atoms. The van der Waals surface area contributed by atoms with Crippen LogP contribution in [0.4, 0.5) is 0 Å². The van der Waals surface area contributed by atoms with Crippen molar-refractivity contribution in [2.75, 3.05) is 0 Å². The molecule has 0 fully saturated rings. The van der Waals surface area contributed by atoms with Gasteiger partial charge in [0, 0.05) is 10.6 Å². The number of benzene rings is 2. The summed E-state index contributed by atoms with van der Waals surface area (Å²) in [6.45, 7) is 6.13. The van der Waals surface area contributed by atoms with Crippen molar-refractivity contribution in [1.29, 1.82) is 0 Å². The van der Waals surface area contributed by atoms with E-state index >= 15 is 0 Å². The Balaban J connectivity index is 2.08. The summed E-state index contributed by atoms with van der Waals surface area (Å²) in [7, 11) is -3.84. The van der Waals surface area contributed by atoms with Gasteiger partial charge in [0.25, 0.3) is 15.9 Å². The van der Waals surface area contributed by atoms with Crippen LogP contribution in [0.15, 0.2) is 53.4 Å². The summed E-state index contributed by atoms with van der Waals surface area (Å²) in [5, 5.41) is 0.492. The SMILES string of the molecule is CC(C)(C)c1ccc(S(=O)(=O)NNC(=O)c2ccc(Cl)cc2)cc1. The molecule has 0 spiro atoms. The molecule has 0 bridgehead atoms. The summed E-state index contributed by atoms with van der Waals surface area (Å²) in [6, 6.07) is 12.7. The van der Waals surface area contributed by atoms with E-state index in [1.807, 2.05) is 20.8 Å². The molecule has 0 aromatic heterocycles. The smallest absolute Gasteiger partial charge is 0.266 e. The largest absolute Gasteiger partial charge is 0.273 e. The highest BCUT2D eigenvalue weighted by atomic mass is 35.5. The average Bonchev–Trinajstić information content (AvgIpc) is 2.53. The van der Waals surface area contributed by atoms with Crippen molar-refractivity contribution in [3.05, 3.63) is 64.7 Å². The predicted octanol–water partition coefficient (Wildman–Crippen LogP) is 3.26. The van der Waals surface area contributed by atoms with E-state index in [0.29, 0.717) is 10.6 Å². The summed E-state index contributed by atoms with van der Waals surface area (Å²) in [4.78, 5) is 14.1. The van der Waals surface area contributed by atoms with Gasteiger partial charge in [0.2, 0.25) is 0 Å². The van der Waals surface area contributed by atoms with Crippen molar-refractivity contribution in [2.24, 2.45) is 0 Å². The molecule has 0 aliphatic heterocycles. The van der Waals surface area contributed by atoms with E-state index in [4.69, 9.17) is 11.6 Å². The van der Waals surface area contributed by atoms with Gasteiger partial charge >= 0.3 is 0 Å². The lowest BCUT2D eigenvalue weighted by molar-refractivity contribution is 0.0945. The first-order valence-corrected chi connectivity index (χ1v) is 9.14. The van der Waals surface area contributed by atoms with Crippen molar-refractivity contribution in [1.82, 2.24) is 10.3 Å². The van der Waals surface area contributed by atoms with Gasteiger partial charge in [-0.3, -0.25) is 10.2 Å². The molecular weight excluding hydrogens is 348 g/mol. The van der Waals surface area contributed by atoms with Gasteiger partial charge in [-0.2, -0.15) is 0 Å². The Hall–Kier alpha value is -1.89. The first kappa shape index (κ1) is 18.4. The Morgan fingerprint density at radius 2 is 1.50 bits per heavy atom. The molecule has 0 saturated heterocycles. The van der Waals surface area contributed by atoms with E-state index in [2.05, 4.69) is 10.3 Å². The van der Waals surface area contributed by atoms with E-state index in [-0.39, 0.29) is 10.3 Å². The predicted molar refractivity (Wildman–Crippen MR) is 94.4 cm³/mol. The van der Waals surface area contributed by atoms with E-state index < -0.39 is 15.9 Å². The van der Waals surface area contributed by atoms with Gasteiger partial charge in [0.15, 0.2) is 0 Å². The summed E-state index contributed by atoms with van der Waals surface area (Å²) < 4.78 is 24.5. The second kappa shape index (κ2) is 6.93. The van der Waals surface area contributed by atoms with Crippen molar-refractivity contribution in [2.45, 2.75) is 31.1 Å². The summed E-state index contributed by atoms with van der Waals surface area (Å²) in [6.07, 6.45) is 0. The maximum Gasteiger partial charge on any atom is 0.266 e. The molecule has 0 atom stereocenters. The quantitative estimate of drug-likeness (QED) is 0.815. The normalized spacial score (nSPS) is 12.0. The van der Waals surface area contributed by atoms with Crippen LogP contribution in [0.5, 0.6) is 0 Å². The molecule has 0 heterocycles. The molecule has 128 valence electrons. The highest BCUT2D eigenvalue weighted by Crippen LogP contribution is 2.23. The zero-order valence-electron chi connectivity index (χ0n) is 13.6. The lowest BCUT2D eigenvalue weighted by Gasteiger charge is -2.19. The fourth-order valence-electron chi connectivity index (χ4n) is 1.98. The second-order valence-electron chi connectivity index (χ2n) is 6.34. The van der Waals surface area contributed by atoms with Gasteiger partial charge in [-0.05, 0) is 47.4 Å². The van der Waals surface area contributed by atoms with Crippen molar-refractivity contribution >= 4 is 27.5 Å². The molecule has 5 nitrogen and oxygen atoms in total. The number of hydrogen-bond donors (Lipinski definition) is 2. The average molecular weight is 367 g/mol. The Labute approximate surface area is 147 Å². The maximum absolute atomic E-state index is 12.2. The molecule has 0 radical (unpaired) electrons. The third-order valence-corrected chi connectivity index (χ3v) is 4.95. The van der Waals surface area contributed by atoms with Gasteiger partial charge in [0.1, 0.15) is 0 Å². The first-order valence-electron chi connectivity index (χ1n) is 7.28. The number of hydrazine groups is 1. The monoisotopic (exact) mass is 366 g/mol. The summed E-state index contributed by atoms with van der Waals surface area (Å²) in [5.74, 6) is -0.568. The van der Waals surface area contributed by atoms with Crippen LogP contribution in [-0.4, -0.2) is 14.3 Å². The number of rotatable bonds is 4. The van der Waals surface area contributed by atoms with Crippen LogP contribution in [-0.2, 0) is 15.4 Å². The molecule has 0 aliphatic rings. The highest BCUT2D eigenvalue weighted by Gasteiger charge is 2.18. The lowest BCUT2D eigenvalue weighted by atomic mass is 9.87. The zero-order chi connectivity index (χ0) is 18.0. The van der Waals surface area contributed by atoms with Crippen molar-refractivity contribution in [3.8, 4) is 0 Å². The summed E-state index contributed by atoms with van der Waals surface area (Å²) in [5.41, 5.74) is 3.43. The molecular formula is C17H19ClN2O3S. The molecule has 0 unspecified atom stereocenters. The number of hydrogen-bond acceptors (Lipinski definition) is 3. The van der Waals surface area contributed by atoms with E-state index in [9.17, 15) is 13.2 Å². The minimum Gasteiger partial charge on any atom is -0.273 e. The van der Waals surface area contributed by atoms with Crippen LogP contribution >= 0.6 is 11.6 Å². The van der Waals surface area contributed by atoms with Crippen LogP contribution < -0.4 is 10.3 Å². The Morgan fingerprint density at radius 1 is 0.958 bits per heavy atom. The maximum atomic E-state index is 12.2. The molecule has 0 aliphatic carbocycles. The molecule has 1 amide bonds. The van der Waals surface area contributed by atoms with Crippen LogP contribution in [0.25, 0.3) is 0 Å². The number of amides is 1. The van der Waals surface area contributed by atoms with E-state index in [1.165, 1.54) is 24.3 Å². The third kappa shape index (κ3) is 4.56. The molecule has 2 rings (SSSR count). The van der Waals surface area contributed by atoms with Gasteiger partial charge in [-0.25, -0.2) is 8.42 Å². The van der Waals surface area contributed by atoms with Crippen LogP contribution in [0.3, 0.4) is 0 Å². The fourth-order valence-corrected chi connectivity index (χ4v) is 2.95. The minimum absolute atomic E-state index is 0.0709. The number of sulfonamides is 1. The molecule has 2 aromatic carbocycles. The van der Waals surface area contributed by atoms with Crippen molar-refractivity contribution < 1.29 is 13.2 Å². The molecule has 2 aromatic rings. The first-order chi connectivity index (χ1) is 11.1. The van der Waals surface area contributed by atoms with Crippen molar-refractivity contribution in [3.63, 3.8) is 0 Å². The fraction of sp³-hybridized carbons (Fsp3) is 0.235. The molecule has 7 heteroatoms. The lowest BCUT2D eigenvalue weighted by Crippen LogP contribution is -2.41. The van der Waals surface area contributed by atoms with E-state index in [0.717, 1.165) is 5.56 Å². The topological polar surface area (TPSA) is 75.3 Å². The minimum atomic E-state index is -3.84. The standard InChI is InChI=1S/C17H19ClN2O3S/c1-17(2,3)13-6-10-15(11-7-13)24(22,23)20-19-16(21)12-4-8-14(18)9-5-12/h4-11,20H,1-3H3,(H,19,21). The third-order valence-electron chi connectivity index (χ3n) is 3.44. The Bertz CT molecular complexity index is 824. The van der Waals surface area contributed by atoms with E-state index in [1.54, 1.807) is 24.3 Å². The molecule has 0 saturated carbocycles. The van der Waals surface area contributed by atoms with Crippen LogP contribution in [0.1, 0.15) is 36.7 Å². The number of nitrogens with one attached hydrogen (secondary N) is 2. The van der Waals surface area contributed by atoms with Crippen LogP contribution in [0, 0.1) is 0 Å². The van der Waals surface area contributed by atoms with Gasteiger partial charge in [-0.1, -0.05) is 44.5 Å². The van der Waals surface area contributed by atoms with Gasteiger partial charge < -0.3 is 0 Å². The highest BCUT2D eigenvalue weighted by molar-refractivity contribution is 7.89. The molecule has 2 N–H and O–H groups in total. The Kier molecular flexibility index (Phi) is 5.32. The number of carbonyl (C=O) groups is 1. The number of halogens is 1. The van der Waals surface area contributed by atoms with Crippen LogP contribution in [0.2, 0.25) is 5.02 Å². The Morgan fingerprint density at radius 3 is 2.00 bits per heavy atom. The number of carbonyl (C=O) groups excluding carboxylic acids is 1. The summed E-state index contributed by atoms with van der Waals surface area (Å²) >= 11 is 5.75. The van der Waals surface area contributed by atoms with Gasteiger partial charge in [0.05, 0.1) is 4.90 Å².